The van der Waals surface area contributed by atoms with E-state index in [0.717, 1.165) is 26.4 Å². The van der Waals surface area contributed by atoms with Crippen LogP contribution in [0.1, 0.15) is 22.8 Å². The zero-order valence-electron chi connectivity index (χ0n) is 23.4. The molecule has 228 valence electrons. The Bertz CT molecular complexity index is 1900. The quantitative estimate of drug-likeness (QED) is 0.219. The Morgan fingerprint density at radius 2 is 1.64 bits per heavy atom. The Hall–Kier alpha value is -3.38. The van der Waals surface area contributed by atoms with Gasteiger partial charge < -0.3 is 15.0 Å². The van der Waals surface area contributed by atoms with E-state index in [2.05, 4.69) is 26.2 Å². The van der Waals surface area contributed by atoms with Gasteiger partial charge in [-0.15, -0.1) is 11.8 Å². The number of halogens is 2. The van der Waals surface area contributed by atoms with Crippen LogP contribution < -0.4 is 19.8 Å². The van der Waals surface area contributed by atoms with Crippen LogP contribution in [0.25, 0.3) is 0 Å². The Balaban J connectivity index is 1.05. The number of amides is 3. The summed E-state index contributed by atoms with van der Waals surface area (Å²) in [5.74, 6) is -0.612. The van der Waals surface area contributed by atoms with Gasteiger partial charge in [0, 0.05) is 31.2 Å². The summed E-state index contributed by atoms with van der Waals surface area (Å²) in [6, 6.07) is 21.8. The van der Waals surface area contributed by atoms with E-state index in [1.807, 2.05) is 36.4 Å². The second kappa shape index (κ2) is 11.2. The molecule has 0 spiro atoms. The number of aromatic nitrogens is 1. The topological polar surface area (TPSA) is 109 Å². The highest BCUT2D eigenvalue weighted by atomic mass is 79.9. The van der Waals surface area contributed by atoms with E-state index < -0.39 is 0 Å². The second-order valence-electron chi connectivity index (χ2n) is 11.9. The van der Waals surface area contributed by atoms with Crippen molar-refractivity contribution in [1.29, 1.82) is 0 Å². The van der Waals surface area contributed by atoms with Crippen LogP contribution in [0.5, 0.6) is 5.75 Å². The molecule has 8 nitrogen and oxygen atoms in total. The van der Waals surface area contributed by atoms with Gasteiger partial charge in [0.25, 0.3) is 5.91 Å². The van der Waals surface area contributed by atoms with Crippen LogP contribution in [-0.2, 0) is 14.4 Å². The highest BCUT2D eigenvalue weighted by Crippen LogP contribution is 2.68. The standard InChI is InChI=1S/C33H25BrClN3O5S2/c34-16-3-9-19(10-4-16)38-31(40)26-21-13-22(27(26)32(38)41)28-25(21)24(29-30(44-28)37-33(42)45-29)15-1-11-20(12-2-15)43-14-23(39)36-18-7-5-17(35)6-8-18/h1-12,21-22,24-28H,13-14H2,(H,36,39)(H,37,42)/t21?,22?,24-,25?,26?,27?,28?/m1/s1. The monoisotopic (exact) mass is 721 g/mol. The highest BCUT2D eigenvalue weighted by molar-refractivity contribution is 9.10. The van der Waals surface area contributed by atoms with E-state index in [-0.39, 0.29) is 70.0 Å². The molecule has 2 aliphatic heterocycles. The van der Waals surface area contributed by atoms with Crippen molar-refractivity contribution >= 4 is 79.7 Å². The molecule has 4 aromatic rings. The van der Waals surface area contributed by atoms with Gasteiger partial charge in [-0.25, -0.2) is 0 Å². The molecule has 2 bridgehead atoms. The van der Waals surface area contributed by atoms with Crippen molar-refractivity contribution in [3.63, 3.8) is 0 Å². The third-order valence-electron chi connectivity index (χ3n) is 9.55. The van der Waals surface area contributed by atoms with Gasteiger partial charge in [-0.2, -0.15) is 0 Å². The minimum absolute atomic E-state index is 0.0252. The lowest BCUT2D eigenvalue weighted by Crippen LogP contribution is -2.42. The van der Waals surface area contributed by atoms with Gasteiger partial charge in [-0.3, -0.25) is 24.1 Å². The number of nitrogens with one attached hydrogen (secondary N) is 2. The number of benzene rings is 3. The second-order valence-corrected chi connectivity index (χ2v) is 15.4. The van der Waals surface area contributed by atoms with Crippen LogP contribution in [0.2, 0.25) is 5.02 Å². The van der Waals surface area contributed by atoms with Gasteiger partial charge in [0.15, 0.2) is 6.61 Å². The van der Waals surface area contributed by atoms with E-state index in [9.17, 15) is 19.2 Å². The number of fused-ring (bicyclic) bond motifs is 9. The highest BCUT2D eigenvalue weighted by Gasteiger charge is 2.69. The van der Waals surface area contributed by atoms with Crippen LogP contribution >= 0.6 is 50.6 Å². The number of anilines is 2. The summed E-state index contributed by atoms with van der Waals surface area (Å²) in [6.45, 7) is -0.159. The number of carbonyl (C=O) groups excluding carboxylic acids is 3. The molecule has 1 saturated heterocycles. The summed E-state index contributed by atoms with van der Waals surface area (Å²) in [5, 5.41) is 4.34. The Labute approximate surface area is 279 Å². The van der Waals surface area contributed by atoms with Gasteiger partial charge in [0.05, 0.1) is 22.5 Å². The average Bonchev–Trinajstić information content (AvgIpc) is 3.77. The molecule has 2 N–H and O–H groups in total. The number of thioether (sulfide) groups is 1. The largest absolute Gasteiger partial charge is 0.484 e. The molecular weight excluding hydrogens is 698 g/mol. The number of aromatic amines is 1. The third kappa shape index (κ3) is 4.86. The van der Waals surface area contributed by atoms with Gasteiger partial charge in [0.2, 0.25) is 11.8 Å². The molecule has 3 fully saturated rings. The fourth-order valence-corrected chi connectivity index (χ4v) is 11.2. The van der Waals surface area contributed by atoms with Gasteiger partial charge in [-0.1, -0.05) is 51.0 Å². The van der Waals surface area contributed by atoms with Crippen molar-refractivity contribution in [3.05, 3.63) is 102 Å². The van der Waals surface area contributed by atoms with E-state index >= 15 is 0 Å². The van der Waals surface area contributed by atoms with E-state index in [1.165, 1.54) is 16.2 Å². The summed E-state index contributed by atoms with van der Waals surface area (Å²) in [6.07, 6.45) is 0.822. The Morgan fingerprint density at radius 3 is 2.36 bits per heavy atom. The fourth-order valence-electron chi connectivity index (χ4n) is 7.89. The van der Waals surface area contributed by atoms with Crippen molar-refractivity contribution in [2.24, 2.45) is 29.6 Å². The number of hydrogen-bond acceptors (Lipinski definition) is 7. The van der Waals surface area contributed by atoms with Crippen molar-refractivity contribution < 1.29 is 19.1 Å². The van der Waals surface area contributed by atoms with Crippen LogP contribution in [0.15, 0.2) is 87.1 Å². The summed E-state index contributed by atoms with van der Waals surface area (Å²) in [4.78, 5) is 58.0. The molecule has 7 atom stereocenters. The summed E-state index contributed by atoms with van der Waals surface area (Å²) in [7, 11) is 0. The molecule has 8 rings (SSSR count). The molecule has 3 aromatic carbocycles. The summed E-state index contributed by atoms with van der Waals surface area (Å²) < 4.78 is 6.66. The third-order valence-corrected chi connectivity index (χ3v) is 12.9. The number of imide groups is 1. The molecule has 3 heterocycles. The summed E-state index contributed by atoms with van der Waals surface area (Å²) >= 11 is 12.2. The SMILES string of the molecule is O=C(COc1ccc([C@H]2c3sc(=O)[nH]c3SC3C4CC(C5C(=O)N(c6ccc(Br)cc6)C(=O)C45)C32)cc1)Nc1ccc(Cl)cc1. The number of thiazole rings is 1. The molecule has 3 amide bonds. The first-order valence-corrected chi connectivity index (χ1v) is 17.4. The molecule has 45 heavy (non-hydrogen) atoms. The van der Waals surface area contributed by atoms with Crippen molar-refractivity contribution in [3.8, 4) is 5.75 Å². The number of carbonyl (C=O) groups is 3. The number of hydrogen-bond donors (Lipinski definition) is 2. The number of nitrogens with zero attached hydrogens (tertiary/aromatic N) is 1. The number of rotatable bonds is 6. The maximum absolute atomic E-state index is 13.9. The lowest BCUT2D eigenvalue weighted by Gasteiger charge is -2.43. The molecular formula is C33H25BrClN3O5S2. The van der Waals surface area contributed by atoms with Crippen LogP contribution in [-0.4, -0.2) is 34.6 Å². The van der Waals surface area contributed by atoms with E-state index in [1.54, 1.807) is 48.2 Å². The minimum Gasteiger partial charge on any atom is -0.484 e. The predicted molar refractivity (Wildman–Crippen MR) is 177 cm³/mol. The first kappa shape index (κ1) is 29.1. The zero-order chi connectivity index (χ0) is 31.0. The Kier molecular flexibility index (Phi) is 7.20. The average molecular weight is 723 g/mol. The van der Waals surface area contributed by atoms with Gasteiger partial charge in [-0.05, 0) is 90.4 Å². The first-order valence-electron chi connectivity index (χ1n) is 14.6. The van der Waals surface area contributed by atoms with Crippen LogP contribution in [0.3, 0.4) is 0 Å². The molecule has 2 aliphatic carbocycles. The smallest absolute Gasteiger partial charge is 0.305 e. The van der Waals surface area contributed by atoms with E-state index in [0.29, 0.717) is 22.1 Å². The lowest BCUT2D eigenvalue weighted by molar-refractivity contribution is -0.123. The molecule has 4 aliphatic rings. The minimum atomic E-state index is -0.366. The molecule has 2 saturated carbocycles. The van der Waals surface area contributed by atoms with E-state index in [4.69, 9.17) is 16.3 Å². The Morgan fingerprint density at radius 1 is 0.956 bits per heavy atom. The fraction of sp³-hybridized carbons (Fsp3) is 0.273. The molecule has 12 heteroatoms. The lowest BCUT2D eigenvalue weighted by atomic mass is 9.68. The maximum Gasteiger partial charge on any atom is 0.305 e. The van der Waals surface area contributed by atoms with Crippen molar-refractivity contribution in [2.45, 2.75) is 22.6 Å². The normalized spacial score (nSPS) is 27.7. The van der Waals surface area contributed by atoms with Crippen LogP contribution in [0, 0.1) is 29.6 Å². The van der Waals surface area contributed by atoms with Gasteiger partial charge >= 0.3 is 4.87 Å². The van der Waals surface area contributed by atoms with Crippen molar-refractivity contribution in [1.82, 2.24) is 4.98 Å². The molecule has 1 aromatic heterocycles. The van der Waals surface area contributed by atoms with Crippen LogP contribution in [0.4, 0.5) is 11.4 Å². The number of ether oxygens (including phenoxy) is 1. The summed E-state index contributed by atoms with van der Waals surface area (Å²) in [5.41, 5.74) is 2.25. The zero-order valence-corrected chi connectivity index (χ0v) is 27.4. The predicted octanol–water partition coefficient (Wildman–Crippen LogP) is 6.55. The first-order chi connectivity index (χ1) is 21.8. The van der Waals surface area contributed by atoms with Crippen molar-refractivity contribution in [2.75, 3.05) is 16.8 Å². The maximum atomic E-state index is 13.9. The molecule has 6 unspecified atom stereocenters. The number of H-pyrrole nitrogens is 1. The van der Waals surface area contributed by atoms with Gasteiger partial charge in [0.1, 0.15) is 5.75 Å². The molecule has 0 radical (unpaired) electrons.